The van der Waals surface area contributed by atoms with Gasteiger partial charge < -0.3 is 10.2 Å². The van der Waals surface area contributed by atoms with Crippen LogP contribution in [-0.4, -0.2) is 10.2 Å². The molecule has 0 fully saturated rings. The Balaban J connectivity index is 1.34. The van der Waals surface area contributed by atoms with Crippen molar-refractivity contribution in [1.82, 2.24) is 0 Å². The lowest BCUT2D eigenvalue weighted by Crippen LogP contribution is -2.27. The minimum atomic E-state index is -1.23. The maximum atomic E-state index is 12.1. The third-order valence-electron chi connectivity index (χ3n) is 7.15. The van der Waals surface area contributed by atoms with E-state index in [0.717, 1.165) is 48.2 Å². The molecule has 0 aliphatic heterocycles. The highest BCUT2D eigenvalue weighted by molar-refractivity contribution is 7.13. The van der Waals surface area contributed by atoms with Gasteiger partial charge in [-0.2, -0.15) is 0 Å². The van der Waals surface area contributed by atoms with Crippen molar-refractivity contribution >= 4 is 22.7 Å². The average Bonchev–Trinajstić information content (AvgIpc) is 3.69. The van der Waals surface area contributed by atoms with E-state index < -0.39 is 11.2 Å². The predicted molar refractivity (Wildman–Crippen MR) is 161 cm³/mol. The van der Waals surface area contributed by atoms with Crippen molar-refractivity contribution in [3.05, 3.63) is 187 Å². The molecule has 0 bridgehead atoms. The van der Waals surface area contributed by atoms with Crippen LogP contribution < -0.4 is 0 Å². The molecule has 6 rings (SSSR count). The van der Waals surface area contributed by atoms with Crippen molar-refractivity contribution in [2.75, 3.05) is 0 Å². The van der Waals surface area contributed by atoms with Gasteiger partial charge in [0.2, 0.25) is 0 Å². The second-order valence-corrected chi connectivity index (χ2v) is 11.9. The summed E-state index contributed by atoms with van der Waals surface area (Å²) in [5.74, 6) is 0. The van der Waals surface area contributed by atoms with Gasteiger partial charge in [0.05, 0.1) is 0 Å². The topological polar surface area (TPSA) is 40.5 Å². The van der Waals surface area contributed by atoms with Gasteiger partial charge in [-0.25, -0.2) is 0 Å². The minimum Gasteiger partial charge on any atom is -0.375 e. The second-order valence-electron chi connectivity index (χ2n) is 9.59. The number of hydrogen-bond donors (Lipinski definition) is 2. The van der Waals surface area contributed by atoms with Crippen molar-refractivity contribution in [1.29, 1.82) is 0 Å². The van der Waals surface area contributed by atoms with Gasteiger partial charge in [0.25, 0.3) is 0 Å². The Morgan fingerprint density at radius 1 is 0.385 bits per heavy atom. The van der Waals surface area contributed by atoms with Crippen molar-refractivity contribution in [2.45, 2.75) is 17.6 Å². The van der Waals surface area contributed by atoms with Crippen molar-refractivity contribution in [2.24, 2.45) is 0 Å². The van der Waals surface area contributed by atoms with Crippen LogP contribution in [0.2, 0.25) is 0 Å². The van der Waals surface area contributed by atoms with Crippen LogP contribution >= 0.6 is 22.7 Å². The van der Waals surface area contributed by atoms with E-state index in [1.54, 1.807) is 22.7 Å². The molecule has 2 nitrogen and oxygen atoms in total. The zero-order valence-corrected chi connectivity index (χ0v) is 22.9. The van der Waals surface area contributed by atoms with Gasteiger partial charge in [-0.15, -0.1) is 22.7 Å². The lowest BCUT2D eigenvalue weighted by atomic mass is 9.85. The van der Waals surface area contributed by atoms with E-state index in [0.29, 0.717) is 0 Å². The molecule has 0 amide bonds. The first kappa shape index (κ1) is 25.5. The molecule has 0 aliphatic carbocycles. The van der Waals surface area contributed by atoms with Gasteiger partial charge in [-0.1, -0.05) is 121 Å². The predicted octanol–water partition coefficient (Wildman–Crippen LogP) is 7.97. The Hall–Kier alpha value is -3.80. The highest BCUT2D eigenvalue weighted by atomic mass is 32.1. The molecule has 0 saturated carbocycles. The van der Waals surface area contributed by atoms with Crippen LogP contribution in [0.4, 0.5) is 0 Å². The molecule has 6 aromatic rings. The highest BCUT2D eigenvalue weighted by Crippen LogP contribution is 2.43. The van der Waals surface area contributed by atoms with E-state index in [1.807, 2.05) is 133 Å². The summed E-state index contributed by atoms with van der Waals surface area (Å²) in [6.07, 6.45) is 0.731. The molecule has 0 atom stereocenters. The smallest absolute Gasteiger partial charge is 0.149 e. The van der Waals surface area contributed by atoms with E-state index in [1.165, 1.54) is 0 Å². The van der Waals surface area contributed by atoms with Crippen LogP contribution in [0, 0.1) is 0 Å². The fraction of sp³-hybridized carbons (Fsp3) is 0.0857. The first-order chi connectivity index (χ1) is 19.1. The number of thiophene rings is 2. The standard InChI is InChI=1S/C35H28O2S2/c36-34(26-13-5-1-6-14-26,27-15-7-2-8-16-27)32-23-21-30(38-32)25-31-22-24-33(39-31)35(37,28-17-9-3-10-18-28)29-19-11-4-12-20-29/h1-24,36-37H,25H2. The molecule has 0 spiro atoms. The van der Waals surface area contributed by atoms with Gasteiger partial charge in [0.1, 0.15) is 11.2 Å². The van der Waals surface area contributed by atoms with Crippen LogP contribution in [-0.2, 0) is 17.6 Å². The third-order valence-corrected chi connectivity index (χ3v) is 9.54. The van der Waals surface area contributed by atoms with Crippen molar-refractivity contribution in [3.63, 3.8) is 0 Å². The van der Waals surface area contributed by atoms with Crippen molar-refractivity contribution in [3.8, 4) is 0 Å². The van der Waals surface area contributed by atoms with E-state index in [4.69, 9.17) is 0 Å². The highest BCUT2D eigenvalue weighted by Gasteiger charge is 2.36. The van der Waals surface area contributed by atoms with Gasteiger partial charge in [-0.05, 0) is 46.5 Å². The summed E-state index contributed by atoms with van der Waals surface area (Å²) in [6, 6.07) is 47.7. The third kappa shape index (κ3) is 4.77. The molecule has 4 heteroatoms. The summed E-state index contributed by atoms with van der Waals surface area (Å²) in [4.78, 5) is 4.09. The molecule has 0 saturated heterocycles. The summed E-state index contributed by atoms with van der Waals surface area (Å²) in [6.45, 7) is 0. The van der Waals surface area contributed by atoms with Gasteiger partial charge in [-0.3, -0.25) is 0 Å². The fourth-order valence-corrected chi connectivity index (χ4v) is 7.55. The van der Waals surface area contributed by atoms with E-state index in [-0.39, 0.29) is 0 Å². The van der Waals surface area contributed by atoms with Crippen LogP contribution in [0.5, 0.6) is 0 Å². The summed E-state index contributed by atoms with van der Waals surface area (Å²) >= 11 is 3.26. The quantitative estimate of drug-likeness (QED) is 0.204. The molecule has 0 unspecified atom stereocenters. The van der Waals surface area contributed by atoms with Gasteiger partial charge >= 0.3 is 0 Å². The lowest BCUT2D eigenvalue weighted by molar-refractivity contribution is 0.129. The number of aliphatic hydroxyl groups is 2. The maximum absolute atomic E-state index is 12.1. The largest absolute Gasteiger partial charge is 0.375 e. The monoisotopic (exact) mass is 544 g/mol. The molecule has 39 heavy (non-hydrogen) atoms. The molecule has 4 aromatic carbocycles. The second kappa shape index (κ2) is 10.8. The molecule has 2 heterocycles. The molecule has 2 aromatic heterocycles. The van der Waals surface area contributed by atoms with E-state index >= 15 is 0 Å². The zero-order chi connectivity index (χ0) is 26.7. The molecule has 0 aliphatic rings. The number of rotatable bonds is 8. The Bertz CT molecular complexity index is 1430. The summed E-state index contributed by atoms with van der Waals surface area (Å²) in [7, 11) is 0. The molecular formula is C35H28O2S2. The average molecular weight is 545 g/mol. The molecular weight excluding hydrogens is 517 g/mol. The van der Waals surface area contributed by atoms with Gasteiger partial charge in [0, 0.05) is 25.9 Å². The SMILES string of the molecule is OC(c1ccccc1)(c1ccccc1)c1ccc(Cc2ccc(C(O)(c3ccccc3)c3ccccc3)s2)s1. The lowest BCUT2D eigenvalue weighted by Gasteiger charge is -2.28. The minimum absolute atomic E-state index is 0.731. The van der Waals surface area contributed by atoms with Crippen LogP contribution in [0.1, 0.15) is 41.8 Å². The first-order valence-electron chi connectivity index (χ1n) is 12.9. The van der Waals surface area contributed by atoms with Crippen LogP contribution in [0.15, 0.2) is 146 Å². The van der Waals surface area contributed by atoms with Gasteiger partial charge in [0.15, 0.2) is 0 Å². The van der Waals surface area contributed by atoms with E-state index in [2.05, 4.69) is 12.1 Å². The Morgan fingerprint density at radius 3 is 0.949 bits per heavy atom. The van der Waals surface area contributed by atoms with Crippen LogP contribution in [0.3, 0.4) is 0 Å². The Morgan fingerprint density at radius 2 is 0.667 bits per heavy atom. The number of benzene rings is 4. The van der Waals surface area contributed by atoms with E-state index in [9.17, 15) is 10.2 Å². The summed E-state index contributed by atoms with van der Waals surface area (Å²) in [5, 5.41) is 24.3. The summed E-state index contributed by atoms with van der Waals surface area (Å²) in [5.41, 5.74) is 0.926. The Labute approximate surface area is 237 Å². The molecule has 192 valence electrons. The normalized spacial score (nSPS) is 11.9. The zero-order valence-electron chi connectivity index (χ0n) is 21.3. The molecule has 2 N–H and O–H groups in total. The number of hydrogen-bond acceptors (Lipinski definition) is 4. The van der Waals surface area contributed by atoms with Crippen LogP contribution in [0.25, 0.3) is 0 Å². The van der Waals surface area contributed by atoms with Crippen molar-refractivity contribution < 1.29 is 10.2 Å². The molecule has 0 radical (unpaired) electrons. The Kier molecular flexibility index (Phi) is 7.03. The fourth-order valence-electron chi connectivity index (χ4n) is 5.13. The first-order valence-corrected chi connectivity index (χ1v) is 14.6. The maximum Gasteiger partial charge on any atom is 0.149 e. The summed E-state index contributed by atoms with van der Waals surface area (Å²) < 4.78 is 0.